The molecule has 1 heterocycles. The highest BCUT2D eigenvalue weighted by atomic mass is 79.9. The third kappa shape index (κ3) is 8.46. The number of aliphatic hydroxyl groups is 1. The number of aliphatic hydroxyl groups excluding tert-OH is 1. The Morgan fingerprint density at radius 1 is 1.05 bits per heavy atom. The van der Waals surface area contributed by atoms with Gasteiger partial charge in [-0.1, -0.05) is 67.0 Å². The quantitative estimate of drug-likeness (QED) is 0.220. The number of hydrogen-bond donors (Lipinski definition) is 2. The van der Waals surface area contributed by atoms with Crippen molar-refractivity contribution in [2.75, 3.05) is 25.5 Å². The Balaban J connectivity index is 1.74. The molecule has 2 N–H and O–H groups in total. The number of carbonyl (C=O) groups excluding carboxylic acids is 1. The number of ether oxygens (including phenoxy) is 2. The second kappa shape index (κ2) is 14.1. The maximum Gasteiger partial charge on any atom is 0.252 e. The molecule has 0 aromatic heterocycles. The van der Waals surface area contributed by atoms with E-state index < -0.39 is 21.5 Å². The number of benzene rings is 3. The first kappa shape index (κ1) is 32.7. The summed E-state index contributed by atoms with van der Waals surface area (Å²) < 4.78 is 39.8. The lowest BCUT2D eigenvalue weighted by Gasteiger charge is -2.31. The van der Waals surface area contributed by atoms with Gasteiger partial charge in [-0.05, 0) is 65.9 Å². The van der Waals surface area contributed by atoms with Crippen molar-refractivity contribution in [2.24, 2.45) is 10.4 Å². The lowest BCUT2D eigenvalue weighted by Crippen LogP contribution is -2.49. The van der Waals surface area contributed by atoms with Gasteiger partial charge in [0.25, 0.3) is 5.91 Å². The Labute approximate surface area is 262 Å². The van der Waals surface area contributed by atoms with Gasteiger partial charge in [0.2, 0.25) is 5.90 Å². The van der Waals surface area contributed by atoms with Crippen LogP contribution in [0.5, 0.6) is 5.75 Å². The highest BCUT2D eigenvalue weighted by Crippen LogP contribution is 2.43. The summed E-state index contributed by atoms with van der Waals surface area (Å²) in [5, 5.41) is 12.1. The average molecular weight is 672 g/mol. The molecule has 0 spiro atoms. The number of nitrogens with zero attached hydrogens (tertiary/aromatic N) is 1. The fourth-order valence-electron chi connectivity index (χ4n) is 4.75. The average Bonchev–Trinajstić information content (AvgIpc) is 3.38. The van der Waals surface area contributed by atoms with Crippen molar-refractivity contribution in [2.45, 2.75) is 56.6 Å². The number of sulfone groups is 1. The number of halogens is 1. The number of amides is 1. The summed E-state index contributed by atoms with van der Waals surface area (Å²) in [6.45, 7) is 7.12. The van der Waals surface area contributed by atoms with Crippen LogP contribution in [0.1, 0.15) is 57.3 Å². The fourth-order valence-corrected chi connectivity index (χ4v) is 6.40. The van der Waals surface area contributed by atoms with Gasteiger partial charge >= 0.3 is 0 Å². The summed E-state index contributed by atoms with van der Waals surface area (Å²) in [6.07, 6.45) is 0.301. The number of rotatable bonds is 13. The van der Waals surface area contributed by atoms with Gasteiger partial charge in [0.15, 0.2) is 21.5 Å². The molecule has 0 radical (unpaired) electrons. The number of nitrogens with one attached hydrogen (secondary N) is 1. The summed E-state index contributed by atoms with van der Waals surface area (Å²) in [5.74, 6) is 0.194. The van der Waals surface area contributed by atoms with Crippen LogP contribution in [0.15, 0.2) is 93.2 Å². The smallest absolute Gasteiger partial charge is 0.252 e. The first-order valence-corrected chi connectivity index (χ1v) is 16.8. The molecule has 230 valence electrons. The Bertz CT molecular complexity index is 1500. The molecule has 0 saturated carbocycles. The highest BCUT2D eigenvalue weighted by Gasteiger charge is 2.53. The first-order valence-electron chi connectivity index (χ1n) is 14.4. The monoisotopic (exact) mass is 670 g/mol. The van der Waals surface area contributed by atoms with Gasteiger partial charge in [0, 0.05) is 36.0 Å². The molecule has 0 unspecified atom stereocenters. The summed E-state index contributed by atoms with van der Waals surface area (Å²) in [7, 11) is -3.72. The molecular weight excluding hydrogens is 632 g/mol. The van der Waals surface area contributed by atoms with E-state index in [1.807, 2.05) is 24.3 Å². The van der Waals surface area contributed by atoms with E-state index in [9.17, 15) is 13.2 Å². The normalized spacial score (nSPS) is 18.5. The molecule has 1 aliphatic heterocycles. The molecule has 0 bridgehead atoms. The second-order valence-corrected chi connectivity index (χ2v) is 14.8. The van der Waals surface area contributed by atoms with Gasteiger partial charge in [-0.2, -0.15) is 0 Å². The third-order valence-corrected chi connectivity index (χ3v) is 9.48. The predicted molar refractivity (Wildman–Crippen MR) is 171 cm³/mol. The standard InChI is InChI=1S/C33H39BrN2O6S/c1-32(2,3)18-20-35-31(38)33(19-23-43(39,40)28-8-5-4-6-9-28)29(24-10-14-26(34)15-11-24)42-30(36-33)25-12-16-27(17-13-25)41-22-7-21-37/h4-6,8-17,29,37H,7,18-23H2,1-3H3,(H,35,38)/t29-,33-/m1/s1. The lowest BCUT2D eigenvalue weighted by molar-refractivity contribution is -0.129. The van der Waals surface area contributed by atoms with E-state index in [2.05, 4.69) is 42.0 Å². The largest absolute Gasteiger partial charge is 0.494 e. The van der Waals surface area contributed by atoms with E-state index in [4.69, 9.17) is 19.6 Å². The first-order chi connectivity index (χ1) is 20.4. The van der Waals surface area contributed by atoms with Crippen molar-refractivity contribution < 1.29 is 27.8 Å². The lowest BCUT2D eigenvalue weighted by atomic mass is 9.84. The van der Waals surface area contributed by atoms with Crippen LogP contribution in [0.4, 0.5) is 0 Å². The van der Waals surface area contributed by atoms with E-state index in [1.54, 1.807) is 54.6 Å². The Morgan fingerprint density at radius 2 is 1.72 bits per heavy atom. The minimum atomic E-state index is -3.72. The maximum atomic E-state index is 14.2. The number of hydrogen-bond acceptors (Lipinski definition) is 7. The molecule has 0 saturated heterocycles. The van der Waals surface area contributed by atoms with E-state index >= 15 is 0 Å². The Morgan fingerprint density at radius 3 is 2.35 bits per heavy atom. The maximum absolute atomic E-state index is 14.2. The van der Waals surface area contributed by atoms with Gasteiger partial charge in [-0.15, -0.1) is 0 Å². The molecule has 1 aliphatic rings. The zero-order chi connectivity index (χ0) is 31.1. The van der Waals surface area contributed by atoms with Crippen LogP contribution in [0.3, 0.4) is 0 Å². The van der Waals surface area contributed by atoms with Crippen LogP contribution in [-0.2, 0) is 19.4 Å². The van der Waals surface area contributed by atoms with Crippen LogP contribution in [0, 0.1) is 5.41 Å². The molecule has 0 fully saturated rings. The van der Waals surface area contributed by atoms with Gasteiger partial charge in [0.1, 0.15) is 5.75 Å². The van der Waals surface area contributed by atoms with Crippen molar-refractivity contribution in [1.82, 2.24) is 5.32 Å². The molecule has 2 atom stereocenters. The third-order valence-electron chi connectivity index (χ3n) is 7.22. The van der Waals surface area contributed by atoms with Crippen LogP contribution >= 0.6 is 15.9 Å². The SMILES string of the molecule is CC(C)(C)CCNC(=O)[C@]1(CCS(=O)(=O)c2ccccc2)N=C(c2ccc(OCCCO)cc2)O[C@@H]1c1ccc(Br)cc1. The molecule has 43 heavy (non-hydrogen) atoms. The number of carbonyl (C=O) groups is 1. The van der Waals surface area contributed by atoms with E-state index in [0.29, 0.717) is 36.4 Å². The van der Waals surface area contributed by atoms with Crippen LogP contribution in [0.25, 0.3) is 0 Å². The van der Waals surface area contributed by atoms with Crippen molar-refractivity contribution in [3.05, 3.63) is 94.5 Å². The predicted octanol–water partition coefficient (Wildman–Crippen LogP) is 5.88. The van der Waals surface area contributed by atoms with Crippen LogP contribution < -0.4 is 10.1 Å². The fraction of sp³-hybridized carbons (Fsp3) is 0.394. The minimum absolute atomic E-state index is 0.0101. The Hall–Kier alpha value is -3.21. The second-order valence-electron chi connectivity index (χ2n) is 11.8. The van der Waals surface area contributed by atoms with E-state index in [-0.39, 0.29) is 40.9 Å². The van der Waals surface area contributed by atoms with Crippen LogP contribution in [0.2, 0.25) is 0 Å². The number of aliphatic imine (C=N–C) groups is 1. The molecular formula is C33H39BrN2O6S. The highest BCUT2D eigenvalue weighted by molar-refractivity contribution is 9.10. The van der Waals surface area contributed by atoms with Gasteiger partial charge in [-0.3, -0.25) is 4.79 Å². The summed E-state index contributed by atoms with van der Waals surface area (Å²) in [6, 6.07) is 22.8. The van der Waals surface area contributed by atoms with Crippen LogP contribution in [-0.4, -0.2) is 56.4 Å². The minimum Gasteiger partial charge on any atom is -0.494 e. The van der Waals surface area contributed by atoms with Crippen molar-refractivity contribution >= 4 is 37.6 Å². The Kier molecular flexibility index (Phi) is 10.7. The van der Waals surface area contributed by atoms with Gasteiger partial charge in [-0.25, -0.2) is 13.4 Å². The molecule has 8 nitrogen and oxygen atoms in total. The van der Waals surface area contributed by atoms with Crippen molar-refractivity contribution in [1.29, 1.82) is 0 Å². The molecule has 4 rings (SSSR count). The molecule has 1 amide bonds. The van der Waals surface area contributed by atoms with Gasteiger partial charge < -0.3 is 19.9 Å². The molecule has 0 aliphatic carbocycles. The zero-order valence-electron chi connectivity index (χ0n) is 24.8. The summed E-state index contributed by atoms with van der Waals surface area (Å²) in [5.41, 5.74) is -0.218. The molecule has 3 aromatic carbocycles. The molecule has 3 aromatic rings. The summed E-state index contributed by atoms with van der Waals surface area (Å²) in [4.78, 5) is 19.3. The van der Waals surface area contributed by atoms with E-state index in [1.165, 1.54) is 0 Å². The zero-order valence-corrected chi connectivity index (χ0v) is 27.2. The molecule has 10 heteroatoms. The van der Waals surface area contributed by atoms with Crippen molar-refractivity contribution in [3.8, 4) is 5.75 Å². The van der Waals surface area contributed by atoms with Gasteiger partial charge in [0.05, 0.1) is 17.3 Å². The van der Waals surface area contributed by atoms with Crippen molar-refractivity contribution in [3.63, 3.8) is 0 Å². The topological polar surface area (TPSA) is 114 Å². The summed E-state index contributed by atoms with van der Waals surface area (Å²) >= 11 is 3.47. The van der Waals surface area contributed by atoms with E-state index in [0.717, 1.165) is 10.9 Å².